The van der Waals surface area contributed by atoms with E-state index < -0.39 is 16.1 Å². The SMILES string of the molecule is CCNC(=O)C(C)NS(=O)(=O)c1ccc(NCC)nc1. The van der Waals surface area contributed by atoms with Crippen LogP contribution in [0.4, 0.5) is 5.82 Å². The summed E-state index contributed by atoms with van der Waals surface area (Å²) in [7, 11) is -3.76. The van der Waals surface area contributed by atoms with Crippen LogP contribution in [0, 0.1) is 0 Å². The van der Waals surface area contributed by atoms with E-state index in [1.807, 2.05) is 6.92 Å². The van der Waals surface area contributed by atoms with Crippen LogP contribution >= 0.6 is 0 Å². The van der Waals surface area contributed by atoms with Crippen molar-refractivity contribution >= 4 is 21.7 Å². The molecule has 8 heteroatoms. The molecule has 0 spiro atoms. The van der Waals surface area contributed by atoms with Gasteiger partial charge in [-0.05, 0) is 32.9 Å². The first-order chi connectivity index (χ1) is 9.40. The van der Waals surface area contributed by atoms with Gasteiger partial charge in [-0.3, -0.25) is 4.79 Å². The minimum absolute atomic E-state index is 0.0234. The molecule has 1 aromatic rings. The normalized spacial score (nSPS) is 12.8. The van der Waals surface area contributed by atoms with Crippen LogP contribution in [0.25, 0.3) is 0 Å². The van der Waals surface area contributed by atoms with Gasteiger partial charge < -0.3 is 10.6 Å². The Balaban J connectivity index is 2.80. The van der Waals surface area contributed by atoms with Crippen molar-refractivity contribution in [3.63, 3.8) is 0 Å². The van der Waals surface area contributed by atoms with Gasteiger partial charge in [0.15, 0.2) is 0 Å². The van der Waals surface area contributed by atoms with Crippen LogP contribution in [0.2, 0.25) is 0 Å². The molecule has 112 valence electrons. The molecule has 1 unspecified atom stereocenters. The number of carbonyl (C=O) groups is 1. The Kier molecular flexibility index (Phi) is 5.90. The van der Waals surface area contributed by atoms with Crippen LogP contribution in [0.3, 0.4) is 0 Å². The molecule has 20 heavy (non-hydrogen) atoms. The summed E-state index contributed by atoms with van der Waals surface area (Å²) < 4.78 is 26.4. The molecule has 0 aliphatic heterocycles. The fourth-order valence-corrected chi connectivity index (χ4v) is 2.65. The second-order valence-corrected chi connectivity index (χ2v) is 5.86. The third kappa shape index (κ3) is 4.46. The Labute approximate surface area is 119 Å². The average molecular weight is 300 g/mol. The van der Waals surface area contributed by atoms with Crippen LogP contribution in [0.1, 0.15) is 20.8 Å². The maximum absolute atomic E-state index is 12.1. The van der Waals surface area contributed by atoms with Gasteiger partial charge in [-0.15, -0.1) is 0 Å². The fraction of sp³-hybridized carbons (Fsp3) is 0.500. The highest BCUT2D eigenvalue weighted by Gasteiger charge is 2.21. The molecule has 7 nitrogen and oxygen atoms in total. The van der Waals surface area contributed by atoms with E-state index in [2.05, 4.69) is 20.3 Å². The van der Waals surface area contributed by atoms with E-state index >= 15 is 0 Å². The molecule has 0 saturated carbocycles. The van der Waals surface area contributed by atoms with E-state index in [0.29, 0.717) is 18.9 Å². The van der Waals surface area contributed by atoms with Crippen molar-refractivity contribution in [2.75, 3.05) is 18.4 Å². The lowest BCUT2D eigenvalue weighted by molar-refractivity contribution is -0.122. The number of hydrogen-bond acceptors (Lipinski definition) is 5. The van der Waals surface area contributed by atoms with Gasteiger partial charge in [-0.2, -0.15) is 4.72 Å². The number of nitrogens with one attached hydrogen (secondary N) is 3. The van der Waals surface area contributed by atoms with E-state index in [4.69, 9.17) is 0 Å². The summed E-state index contributed by atoms with van der Waals surface area (Å²) in [4.78, 5) is 15.5. The molecule has 1 atom stereocenters. The Morgan fingerprint density at radius 1 is 1.30 bits per heavy atom. The molecule has 1 heterocycles. The summed E-state index contributed by atoms with van der Waals surface area (Å²) in [5.41, 5.74) is 0. The minimum Gasteiger partial charge on any atom is -0.370 e. The number of rotatable bonds is 7. The van der Waals surface area contributed by atoms with Crippen molar-refractivity contribution in [2.45, 2.75) is 31.7 Å². The lowest BCUT2D eigenvalue weighted by Gasteiger charge is -2.13. The lowest BCUT2D eigenvalue weighted by Crippen LogP contribution is -2.44. The van der Waals surface area contributed by atoms with Gasteiger partial charge in [-0.1, -0.05) is 0 Å². The molecule has 0 saturated heterocycles. The van der Waals surface area contributed by atoms with Gasteiger partial charge in [0.25, 0.3) is 0 Å². The van der Waals surface area contributed by atoms with Gasteiger partial charge in [0.1, 0.15) is 10.7 Å². The molecular weight excluding hydrogens is 280 g/mol. The summed E-state index contributed by atoms with van der Waals surface area (Å²) >= 11 is 0. The van der Waals surface area contributed by atoms with Crippen molar-refractivity contribution in [3.8, 4) is 0 Å². The van der Waals surface area contributed by atoms with Gasteiger partial charge >= 0.3 is 0 Å². The maximum Gasteiger partial charge on any atom is 0.242 e. The van der Waals surface area contributed by atoms with Crippen LogP contribution < -0.4 is 15.4 Å². The van der Waals surface area contributed by atoms with Crippen molar-refractivity contribution in [1.29, 1.82) is 0 Å². The third-order valence-corrected chi connectivity index (χ3v) is 4.01. The molecule has 1 rings (SSSR count). The molecule has 0 aliphatic rings. The summed E-state index contributed by atoms with van der Waals surface area (Å²) in [6, 6.07) is 2.18. The largest absolute Gasteiger partial charge is 0.370 e. The van der Waals surface area contributed by atoms with Crippen LogP contribution in [-0.2, 0) is 14.8 Å². The topological polar surface area (TPSA) is 100 Å². The number of likely N-dealkylation sites (N-methyl/N-ethyl adjacent to an activating group) is 1. The second kappa shape index (κ2) is 7.20. The molecule has 0 radical (unpaired) electrons. The monoisotopic (exact) mass is 300 g/mol. The zero-order chi connectivity index (χ0) is 15.2. The highest BCUT2D eigenvalue weighted by molar-refractivity contribution is 7.89. The Hall–Kier alpha value is -1.67. The first-order valence-electron chi connectivity index (χ1n) is 6.40. The van der Waals surface area contributed by atoms with E-state index in [1.54, 1.807) is 13.0 Å². The number of nitrogens with zero attached hydrogens (tertiary/aromatic N) is 1. The second-order valence-electron chi connectivity index (χ2n) is 4.15. The fourth-order valence-electron chi connectivity index (χ4n) is 1.51. The molecule has 0 fully saturated rings. The Morgan fingerprint density at radius 3 is 2.50 bits per heavy atom. The number of pyridine rings is 1. The molecular formula is C12H20N4O3S. The molecule has 0 aromatic carbocycles. The predicted octanol–water partition coefficient (Wildman–Crippen LogP) is 0.316. The smallest absolute Gasteiger partial charge is 0.242 e. The summed E-state index contributed by atoms with van der Waals surface area (Å²) in [5, 5.41) is 5.53. The van der Waals surface area contributed by atoms with Crippen molar-refractivity contribution < 1.29 is 13.2 Å². The summed E-state index contributed by atoms with van der Waals surface area (Å²) in [6.07, 6.45) is 1.25. The zero-order valence-electron chi connectivity index (χ0n) is 11.8. The molecule has 1 amide bonds. The van der Waals surface area contributed by atoms with E-state index in [1.165, 1.54) is 19.2 Å². The quantitative estimate of drug-likeness (QED) is 0.673. The van der Waals surface area contributed by atoms with Crippen LogP contribution in [-0.4, -0.2) is 38.4 Å². The van der Waals surface area contributed by atoms with Crippen LogP contribution in [0.15, 0.2) is 23.2 Å². The van der Waals surface area contributed by atoms with E-state index in [0.717, 1.165) is 0 Å². The number of hydrogen-bond donors (Lipinski definition) is 3. The van der Waals surface area contributed by atoms with Gasteiger partial charge in [0, 0.05) is 19.3 Å². The summed E-state index contributed by atoms with van der Waals surface area (Å²) in [5.74, 6) is 0.233. The third-order valence-electron chi connectivity index (χ3n) is 2.48. The van der Waals surface area contributed by atoms with Crippen molar-refractivity contribution in [2.24, 2.45) is 0 Å². The van der Waals surface area contributed by atoms with Crippen molar-refractivity contribution in [1.82, 2.24) is 15.0 Å². The van der Waals surface area contributed by atoms with Gasteiger partial charge in [-0.25, -0.2) is 13.4 Å². The maximum atomic E-state index is 12.1. The molecule has 0 aliphatic carbocycles. The number of anilines is 1. The standard InChI is InChI=1S/C12H20N4O3S/c1-4-13-11-7-6-10(8-15-11)20(18,19)16-9(3)12(17)14-5-2/h6-9,16H,4-5H2,1-3H3,(H,13,15)(H,14,17). The molecule has 1 aromatic heterocycles. The zero-order valence-corrected chi connectivity index (χ0v) is 12.6. The van der Waals surface area contributed by atoms with Gasteiger partial charge in [0.2, 0.25) is 15.9 Å². The lowest BCUT2D eigenvalue weighted by atomic mass is 10.3. The number of sulfonamides is 1. The predicted molar refractivity (Wildman–Crippen MR) is 76.9 cm³/mol. The van der Waals surface area contributed by atoms with Gasteiger partial charge in [0.05, 0.1) is 6.04 Å². The first-order valence-corrected chi connectivity index (χ1v) is 7.89. The van der Waals surface area contributed by atoms with E-state index in [9.17, 15) is 13.2 Å². The van der Waals surface area contributed by atoms with Crippen molar-refractivity contribution in [3.05, 3.63) is 18.3 Å². The Morgan fingerprint density at radius 2 is 2.00 bits per heavy atom. The minimum atomic E-state index is -3.76. The number of carbonyl (C=O) groups excluding carboxylic acids is 1. The number of aromatic nitrogens is 1. The average Bonchev–Trinajstić information content (AvgIpc) is 2.39. The van der Waals surface area contributed by atoms with Crippen LogP contribution in [0.5, 0.6) is 0 Å². The highest BCUT2D eigenvalue weighted by Crippen LogP contribution is 2.11. The number of amides is 1. The Bertz CT molecular complexity index is 542. The highest BCUT2D eigenvalue weighted by atomic mass is 32.2. The molecule has 0 bridgehead atoms. The first kappa shape index (κ1) is 16.4. The van der Waals surface area contributed by atoms with E-state index in [-0.39, 0.29) is 10.8 Å². The molecule has 3 N–H and O–H groups in total. The summed E-state index contributed by atoms with van der Waals surface area (Å²) in [6.45, 7) is 6.32.